The van der Waals surface area contributed by atoms with Gasteiger partial charge in [-0.25, -0.2) is 5.06 Å². The van der Waals surface area contributed by atoms with Crippen molar-refractivity contribution in [2.45, 2.75) is 12.5 Å². The molecule has 1 heterocycles. The summed E-state index contributed by atoms with van der Waals surface area (Å²) in [5, 5.41) is 2.11. The summed E-state index contributed by atoms with van der Waals surface area (Å²) in [6.45, 7) is 0. The number of hydrogen-bond acceptors (Lipinski definition) is 3. The summed E-state index contributed by atoms with van der Waals surface area (Å²) in [6, 6.07) is 12.9. The first-order valence-corrected chi connectivity index (χ1v) is 7.32. The molecule has 0 N–H and O–H groups in total. The lowest BCUT2D eigenvalue weighted by Crippen LogP contribution is -2.28. The Hall–Kier alpha value is -2.04. The molecule has 0 aliphatic carbocycles. The fraction of sp³-hybridized carbons (Fsp3) is 0.235. The Labute approximate surface area is 134 Å². The van der Waals surface area contributed by atoms with Crippen molar-refractivity contribution < 1.29 is 14.4 Å². The highest BCUT2D eigenvalue weighted by Crippen LogP contribution is 2.38. The number of amides is 1. The lowest BCUT2D eigenvalue weighted by molar-refractivity contribution is -0.118. The molecule has 1 aliphatic rings. The fourth-order valence-corrected chi connectivity index (χ4v) is 2.90. The summed E-state index contributed by atoms with van der Waals surface area (Å²) in [5.41, 5.74) is 2.66. The second-order valence-corrected chi connectivity index (χ2v) is 5.55. The molecule has 1 unspecified atom stereocenters. The molecule has 0 saturated carbocycles. The molecule has 3 rings (SSSR count). The summed E-state index contributed by atoms with van der Waals surface area (Å²) < 4.78 is 5.27. The number of hydroxylamine groups is 2. The standard InChI is InChI=1S/C17H16ClNO3/c1-21-13-7-8-14-15(10-13)16(19(22-2)17(14)20)9-11-3-5-12(18)6-4-11/h3-8,10,16H,9H2,1-2H3. The lowest BCUT2D eigenvalue weighted by Gasteiger charge is -2.22. The van der Waals surface area contributed by atoms with E-state index < -0.39 is 0 Å². The zero-order valence-electron chi connectivity index (χ0n) is 12.4. The van der Waals surface area contributed by atoms with E-state index in [0.29, 0.717) is 17.0 Å². The molecule has 22 heavy (non-hydrogen) atoms. The van der Waals surface area contributed by atoms with E-state index in [0.717, 1.165) is 16.9 Å². The molecule has 1 aliphatic heterocycles. The molecule has 2 aromatic rings. The molecular weight excluding hydrogens is 302 g/mol. The number of rotatable bonds is 4. The van der Waals surface area contributed by atoms with Crippen LogP contribution in [0.15, 0.2) is 42.5 Å². The normalized spacial score (nSPS) is 16.8. The number of carbonyl (C=O) groups is 1. The van der Waals surface area contributed by atoms with E-state index in [9.17, 15) is 4.79 Å². The minimum atomic E-state index is -0.177. The Kier molecular flexibility index (Phi) is 4.05. The van der Waals surface area contributed by atoms with Crippen LogP contribution < -0.4 is 4.74 Å². The van der Waals surface area contributed by atoms with Gasteiger partial charge in [-0.05, 0) is 47.9 Å². The molecule has 1 amide bonds. The van der Waals surface area contributed by atoms with Crippen LogP contribution in [0.3, 0.4) is 0 Å². The third kappa shape index (κ3) is 2.56. The first-order valence-electron chi connectivity index (χ1n) is 6.94. The van der Waals surface area contributed by atoms with Gasteiger partial charge in [-0.1, -0.05) is 23.7 Å². The third-order valence-electron chi connectivity index (χ3n) is 3.87. The number of carbonyl (C=O) groups excluding carboxylic acids is 1. The molecule has 5 heteroatoms. The van der Waals surface area contributed by atoms with Gasteiger partial charge in [-0.3, -0.25) is 9.63 Å². The van der Waals surface area contributed by atoms with Gasteiger partial charge in [0.2, 0.25) is 0 Å². The van der Waals surface area contributed by atoms with Crippen LogP contribution in [0.1, 0.15) is 27.5 Å². The maximum atomic E-state index is 12.4. The minimum absolute atomic E-state index is 0.126. The number of nitrogens with zero attached hydrogens (tertiary/aromatic N) is 1. The first-order chi connectivity index (χ1) is 10.6. The number of methoxy groups -OCH3 is 1. The number of ether oxygens (including phenoxy) is 1. The van der Waals surface area contributed by atoms with Crippen LogP contribution in [0, 0.1) is 0 Å². The number of fused-ring (bicyclic) bond motifs is 1. The number of benzene rings is 2. The van der Waals surface area contributed by atoms with Gasteiger partial charge in [0, 0.05) is 10.6 Å². The van der Waals surface area contributed by atoms with Gasteiger partial charge in [0.25, 0.3) is 5.91 Å². The third-order valence-corrected chi connectivity index (χ3v) is 4.12. The molecule has 0 saturated heterocycles. The van der Waals surface area contributed by atoms with Crippen molar-refractivity contribution in [1.29, 1.82) is 0 Å². The van der Waals surface area contributed by atoms with Gasteiger partial charge in [0.05, 0.1) is 20.3 Å². The molecule has 0 fully saturated rings. The van der Waals surface area contributed by atoms with Crippen LogP contribution in [0.4, 0.5) is 0 Å². The smallest absolute Gasteiger partial charge is 0.278 e. The summed E-state index contributed by atoms with van der Waals surface area (Å²) in [4.78, 5) is 17.7. The number of hydrogen-bond donors (Lipinski definition) is 0. The van der Waals surface area contributed by atoms with Gasteiger partial charge in [-0.2, -0.15) is 0 Å². The van der Waals surface area contributed by atoms with Gasteiger partial charge in [-0.15, -0.1) is 0 Å². The van der Waals surface area contributed by atoms with E-state index in [1.54, 1.807) is 19.2 Å². The average Bonchev–Trinajstić information content (AvgIpc) is 2.81. The van der Waals surface area contributed by atoms with Gasteiger partial charge >= 0.3 is 0 Å². The van der Waals surface area contributed by atoms with E-state index in [-0.39, 0.29) is 11.9 Å². The summed E-state index contributed by atoms with van der Waals surface area (Å²) >= 11 is 5.92. The zero-order chi connectivity index (χ0) is 15.7. The molecule has 2 aromatic carbocycles. The molecule has 0 spiro atoms. The largest absolute Gasteiger partial charge is 0.497 e. The zero-order valence-corrected chi connectivity index (χ0v) is 13.1. The molecule has 1 atom stereocenters. The Balaban J connectivity index is 1.98. The number of halogens is 1. The maximum Gasteiger partial charge on any atom is 0.278 e. The predicted molar refractivity (Wildman–Crippen MR) is 84.1 cm³/mol. The molecule has 0 bridgehead atoms. The van der Waals surface area contributed by atoms with Crippen molar-refractivity contribution in [3.8, 4) is 5.75 Å². The monoisotopic (exact) mass is 317 g/mol. The second kappa shape index (κ2) is 5.99. The van der Waals surface area contributed by atoms with Crippen LogP contribution in [0.2, 0.25) is 5.02 Å². The van der Waals surface area contributed by atoms with E-state index in [1.165, 1.54) is 12.2 Å². The van der Waals surface area contributed by atoms with Gasteiger partial charge < -0.3 is 4.74 Å². The first kappa shape index (κ1) is 14.9. The topological polar surface area (TPSA) is 38.8 Å². The molecule has 0 aromatic heterocycles. The van der Waals surface area contributed by atoms with E-state index in [1.807, 2.05) is 30.3 Å². The van der Waals surface area contributed by atoms with Crippen molar-refractivity contribution in [2.24, 2.45) is 0 Å². The van der Waals surface area contributed by atoms with Gasteiger partial charge in [0.15, 0.2) is 0 Å². The SMILES string of the molecule is COc1ccc2c(c1)C(Cc1ccc(Cl)cc1)N(OC)C2=O. The van der Waals surface area contributed by atoms with E-state index in [4.69, 9.17) is 21.2 Å². The summed E-state index contributed by atoms with van der Waals surface area (Å²) in [6.07, 6.45) is 0.650. The Bertz CT molecular complexity index is 700. The van der Waals surface area contributed by atoms with Crippen LogP contribution in [-0.4, -0.2) is 25.2 Å². The highest BCUT2D eigenvalue weighted by Gasteiger charge is 2.37. The van der Waals surface area contributed by atoms with Crippen LogP contribution >= 0.6 is 11.6 Å². The molecular formula is C17H16ClNO3. The summed E-state index contributed by atoms with van der Waals surface area (Å²) in [5.74, 6) is 0.602. The molecule has 114 valence electrons. The van der Waals surface area contributed by atoms with Gasteiger partial charge in [0.1, 0.15) is 5.75 Å². The van der Waals surface area contributed by atoms with Crippen LogP contribution in [0.5, 0.6) is 5.75 Å². The predicted octanol–water partition coefficient (Wildman–Crippen LogP) is 3.65. The lowest BCUT2D eigenvalue weighted by atomic mass is 9.98. The highest BCUT2D eigenvalue weighted by atomic mass is 35.5. The Morgan fingerprint density at radius 2 is 1.86 bits per heavy atom. The Morgan fingerprint density at radius 3 is 2.50 bits per heavy atom. The van der Waals surface area contributed by atoms with Crippen LogP contribution in [0.25, 0.3) is 0 Å². The molecule has 4 nitrogen and oxygen atoms in total. The van der Waals surface area contributed by atoms with E-state index in [2.05, 4.69) is 0 Å². The van der Waals surface area contributed by atoms with Crippen molar-refractivity contribution in [1.82, 2.24) is 5.06 Å². The van der Waals surface area contributed by atoms with E-state index >= 15 is 0 Å². The average molecular weight is 318 g/mol. The Morgan fingerprint density at radius 1 is 1.14 bits per heavy atom. The molecule has 0 radical (unpaired) electrons. The minimum Gasteiger partial charge on any atom is -0.497 e. The maximum absolute atomic E-state index is 12.4. The van der Waals surface area contributed by atoms with Crippen molar-refractivity contribution >= 4 is 17.5 Å². The quantitative estimate of drug-likeness (QED) is 0.864. The van der Waals surface area contributed by atoms with Crippen molar-refractivity contribution in [2.75, 3.05) is 14.2 Å². The van der Waals surface area contributed by atoms with Crippen molar-refractivity contribution in [3.63, 3.8) is 0 Å². The summed E-state index contributed by atoms with van der Waals surface area (Å²) in [7, 11) is 3.12. The van der Waals surface area contributed by atoms with Crippen molar-refractivity contribution in [3.05, 3.63) is 64.2 Å². The second-order valence-electron chi connectivity index (χ2n) is 5.11. The highest BCUT2D eigenvalue weighted by molar-refractivity contribution is 6.30. The van der Waals surface area contributed by atoms with Crippen LogP contribution in [-0.2, 0) is 11.3 Å². The fourth-order valence-electron chi connectivity index (χ4n) is 2.77.